The molecule has 94 valence electrons. The molecule has 1 heterocycles. The lowest BCUT2D eigenvalue weighted by Gasteiger charge is -2.09. The van der Waals surface area contributed by atoms with Crippen LogP contribution in [0.1, 0.15) is 5.56 Å². The van der Waals surface area contributed by atoms with Gasteiger partial charge in [0.15, 0.2) is 0 Å². The summed E-state index contributed by atoms with van der Waals surface area (Å²) in [5.41, 5.74) is 1.03. The quantitative estimate of drug-likeness (QED) is 0.901. The Morgan fingerprint density at radius 2 is 2.00 bits per heavy atom. The molecule has 0 atom stereocenters. The second-order valence-electron chi connectivity index (χ2n) is 3.64. The van der Waals surface area contributed by atoms with E-state index in [-0.39, 0.29) is 17.3 Å². The highest BCUT2D eigenvalue weighted by molar-refractivity contribution is 6.35. The number of phenols is 1. The first-order chi connectivity index (χ1) is 8.56. The first-order valence-corrected chi connectivity index (χ1v) is 5.83. The predicted molar refractivity (Wildman–Crippen MR) is 69.6 cm³/mol. The summed E-state index contributed by atoms with van der Waals surface area (Å²) in [4.78, 5) is 3.70. The van der Waals surface area contributed by atoms with Crippen molar-refractivity contribution in [2.75, 3.05) is 5.32 Å². The molecule has 2 aromatic rings. The van der Waals surface area contributed by atoms with Gasteiger partial charge in [-0.15, -0.1) is 0 Å². The fourth-order valence-electron chi connectivity index (χ4n) is 1.46. The van der Waals surface area contributed by atoms with E-state index in [2.05, 4.69) is 10.3 Å². The fourth-order valence-corrected chi connectivity index (χ4v) is 2.00. The van der Waals surface area contributed by atoms with Crippen LogP contribution < -0.4 is 5.32 Å². The van der Waals surface area contributed by atoms with E-state index < -0.39 is 5.82 Å². The molecule has 2 rings (SSSR count). The number of rotatable bonds is 3. The summed E-state index contributed by atoms with van der Waals surface area (Å²) in [6.07, 6.45) is 2.59. The van der Waals surface area contributed by atoms with Crippen molar-refractivity contribution >= 4 is 28.9 Å². The topological polar surface area (TPSA) is 45.1 Å². The van der Waals surface area contributed by atoms with Crippen molar-refractivity contribution in [1.29, 1.82) is 0 Å². The Labute approximate surface area is 113 Å². The van der Waals surface area contributed by atoms with Crippen molar-refractivity contribution < 1.29 is 9.50 Å². The molecule has 0 aliphatic rings. The Morgan fingerprint density at radius 1 is 1.22 bits per heavy atom. The lowest BCUT2D eigenvalue weighted by Crippen LogP contribution is -2.00. The second-order valence-corrected chi connectivity index (χ2v) is 4.48. The van der Waals surface area contributed by atoms with Gasteiger partial charge < -0.3 is 10.4 Å². The number of aromatic hydroxyl groups is 1. The van der Waals surface area contributed by atoms with Crippen LogP contribution >= 0.6 is 23.2 Å². The number of nitrogens with one attached hydrogen (secondary N) is 1. The highest BCUT2D eigenvalue weighted by atomic mass is 35.5. The maximum Gasteiger partial charge on any atom is 0.143 e. The summed E-state index contributed by atoms with van der Waals surface area (Å²) < 4.78 is 12.9. The molecule has 0 radical (unpaired) electrons. The molecule has 0 aliphatic heterocycles. The lowest BCUT2D eigenvalue weighted by atomic mass is 10.2. The second kappa shape index (κ2) is 5.42. The number of halogens is 3. The average Bonchev–Trinajstić information content (AvgIpc) is 2.32. The van der Waals surface area contributed by atoms with Gasteiger partial charge in [0.05, 0.1) is 23.1 Å². The third-order valence-electron chi connectivity index (χ3n) is 2.29. The van der Waals surface area contributed by atoms with E-state index in [4.69, 9.17) is 23.2 Å². The Balaban J connectivity index is 2.15. The standard InChI is InChI=1S/C12H9Cl2FN2O/c13-8-1-7(12(18)11(14)2-8)4-17-10-3-9(15)5-16-6-10/h1-3,5-6,17-18H,4H2. The zero-order valence-electron chi connectivity index (χ0n) is 9.12. The molecule has 1 aromatic carbocycles. The highest BCUT2D eigenvalue weighted by Crippen LogP contribution is 2.31. The number of anilines is 1. The van der Waals surface area contributed by atoms with Crippen molar-refractivity contribution in [1.82, 2.24) is 4.98 Å². The highest BCUT2D eigenvalue weighted by Gasteiger charge is 2.07. The molecule has 2 N–H and O–H groups in total. The van der Waals surface area contributed by atoms with Gasteiger partial charge in [-0.05, 0) is 12.1 Å². The maximum absolute atomic E-state index is 12.9. The summed E-state index contributed by atoms with van der Waals surface area (Å²) in [7, 11) is 0. The number of pyridine rings is 1. The Hall–Kier alpha value is -1.52. The third-order valence-corrected chi connectivity index (χ3v) is 2.80. The Kier molecular flexibility index (Phi) is 3.89. The summed E-state index contributed by atoms with van der Waals surface area (Å²) >= 11 is 11.6. The van der Waals surface area contributed by atoms with Crippen molar-refractivity contribution in [3.63, 3.8) is 0 Å². The molecule has 0 fully saturated rings. The van der Waals surface area contributed by atoms with E-state index in [1.54, 1.807) is 6.07 Å². The zero-order valence-corrected chi connectivity index (χ0v) is 10.6. The van der Waals surface area contributed by atoms with Gasteiger partial charge in [-0.3, -0.25) is 4.98 Å². The van der Waals surface area contributed by atoms with Crippen LogP contribution in [-0.2, 0) is 6.54 Å². The van der Waals surface area contributed by atoms with Crippen molar-refractivity contribution in [3.8, 4) is 5.75 Å². The molecular formula is C12H9Cl2FN2O. The van der Waals surface area contributed by atoms with Gasteiger partial charge in [-0.1, -0.05) is 23.2 Å². The molecule has 18 heavy (non-hydrogen) atoms. The largest absolute Gasteiger partial charge is 0.506 e. The van der Waals surface area contributed by atoms with Gasteiger partial charge in [0.2, 0.25) is 0 Å². The number of aromatic nitrogens is 1. The van der Waals surface area contributed by atoms with Crippen LogP contribution in [0, 0.1) is 5.82 Å². The van der Waals surface area contributed by atoms with Crippen LogP contribution in [0.25, 0.3) is 0 Å². The number of hydrogen-bond donors (Lipinski definition) is 2. The van der Waals surface area contributed by atoms with E-state index in [1.165, 1.54) is 18.3 Å². The fraction of sp³-hybridized carbons (Fsp3) is 0.0833. The van der Waals surface area contributed by atoms with E-state index in [9.17, 15) is 9.50 Å². The molecule has 6 heteroatoms. The molecule has 1 aromatic heterocycles. The van der Waals surface area contributed by atoms with Gasteiger partial charge in [0, 0.05) is 23.2 Å². The minimum absolute atomic E-state index is 0.0436. The molecule has 0 bridgehead atoms. The van der Waals surface area contributed by atoms with E-state index in [0.29, 0.717) is 16.3 Å². The molecule has 0 saturated heterocycles. The molecular weight excluding hydrogens is 278 g/mol. The minimum atomic E-state index is -0.437. The molecule has 0 unspecified atom stereocenters. The van der Waals surface area contributed by atoms with Crippen LogP contribution in [0.2, 0.25) is 10.0 Å². The lowest BCUT2D eigenvalue weighted by molar-refractivity contribution is 0.469. The van der Waals surface area contributed by atoms with Crippen molar-refractivity contribution in [3.05, 3.63) is 52.0 Å². The van der Waals surface area contributed by atoms with E-state index >= 15 is 0 Å². The van der Waals surface area contributed by atoms with Gasteiger partial charge in [0.1, 0.15) is 11.6 Å². The van der Waals surface area contributed by atoms with Gasteiger partial charge in [0.25, 0.3) is 0 Å². The number of benzene rings is 1. The molecule has 3 nitrogen and oxygen atoms in total. The zero-order chi connectivity index (χ0) is 13.1. The van der Waals surface area contributed by atoms with Crippen LogP contribution in [0.15, 0.2) is 30.6 Å². The summed E-state index contributed by atoms with van der Waals surface area (Å²) in [6.45, 7) is 0.261. The third kappa shape index (κ3) is 3.03. The summed E-state index contributed by atoms with van der Waals surface area (Å²) in [6, 6.07) is 4.34. The first kappa shape index (κ1) is 12.9. The normalized spacial score (nSPS) is 10.4. The van der Waals surface area contributed by atoms with E-state index in [1.807, 2.05) is 0 Å². The molecule has 0 amide bonds. The van der Waals surface area contributed by atoms with Gasteiger partial charge in [-0.2, -0.15) is 0 Å². The number of phenolic OH excluding ortho intramolecular Hbond substituents is 1. The van der Waals surface area contributed by atoms with Crippen LogP contribution in [-0.4, -0.2) is 10.1 Å². The summed E-state index contributed by atoms with van der Waals surface area (Å²) in [5.74, 6) is -0.480. The van der Waals surface area contributed by atoms with Crippen LogP contribution in [0.4, 0.5) is 10.1 Å². The predicted octanol–water partition coefficient (Wildman–Crippen LogP) is 3.85. The molecule has 0 aliphatic carbocycles. The summed E-state index contributed by atoms with van der Waals surface area (Å²) in [5, 5.41) is 13.3. The first-order valence-electron chi connectivity index (χ1n) is 5.07. The maximum atomic E-state index is 12.9. The van der Waals surface area contributed by atoms with Gasteiger partial charge >= 0.3 is 0 Å². The van der Waals surface area contributed by atoms with Crippen molar-refractivity contribution in [2.24, 2.45) is 0 Å². The SMILES string of the molecule is Oc1c(Cl)cc(Cl)cc1CNc1cncc(F)c1. The average molecular weight is 287 g/mol. The number of hydrogen-bond acceptors (Lipinski definition) is 3. The minimum Gasteiger partial charge on any atom is -0.506 e. The molecule has 0 saturated carbocycles. The van der Waals surface area contributed by atoms with Crippen LogP contribution in [0.5, 0.6) is 5.75 Å². The Morgan fingerprint density at radius 3 is 2.72 bits per heavy atom. The monoisotopic (exact) mass is 286 g/mol. The Bertz CT molecular complexity index is 578. The van der Waals surface area contributed by atoms with Crippen molar-refractivity contribution in [2.45, 2.75) is 6.54 Å². The molecule has 0 spiro atoms. The smallest absolute Gasteiger partial charge is 0.143 e. The van der Waals surface area contributed by atoms with E-state index in [0.717, 1.165) is 6.20 Å². The van der Waals surface area contributed by atoms with Gasteiger partial charge in [-0.25, -0.2) is 4.39 Å². The number of nitrogens with zero attached hydrogens (tertiary/aromatic N) is 1. The van der Waals surface area contributed by atoms with Crippen LogP contribution in [0.3, 0.4) is 0 Å².